The lowest BCUT2D eigenvalue weighted by molar-refractivity contribution is -0.137. The summed E-state index contributed by atoms with van der Waals surface area (Å²) in [7, 11) is -1.12. The lowest BCUT2D eigenvalue weighted by atomic mass is 10.4. The van der Waals surface area contributed by atoms with E-state index in [1.165, 1.54) is 14.2 Å². The first-order chi connectivity index (χ1) is 10.1. The maximum Gasteiger partial charge on any atom is 0.352 e. The molecule has 0 aromatic heterocycles. The normalized spacial score (nSPS) is 12.0. The van der Waals surface area contributed by atoms with Gasteiger partial charge < -0.3 is 23.0 Å². The molecule has 0 aromatic carbocycles. The van der Waals surface area contributed by atoms with Gasteiger partial charge in [-0.25, -0.2) is 9.59 Å². The van der Waals surface area contributed by atoms with Crippen LogP contribution in [0.3, 0.4) is 0 Å². The molecule has 0 aromatic rings. The minimum absolute atomic E-state index is 0.338. The van der Waals surface area contributed by atoms with E-state index in [2.05, 4.69) is 0 Å². The van der Waals surface area contributed by atoms with Crippen LogP contribution >= 0.6 is 7.57 Å². The van der Waals surface area contributed by atoms with Crippen LogP contribution in [0, 0.1) is 0 Å². The van der Waals surface area contributed by atoms with E-state index in [0.29, 0.717) is 0 Å². The van der Waals surface area contributed by atoms with Gasteiger partial charge in [-0.1, -0.05) is 0 Å². The van der Waals surface area contributed by atoms with Gasteiger partial charge in [-0.15, -0.1) is 0 Å². The number of hydrogen-bond acceptors (Lipinski definition) is 7. The number of esters is 2. The fourth-order valence-electron chi connectivity index (χ4n) is 1.57. The van der Waals surface area contributed by atoms with Gasteiger partial charge in [0.25, 0.3) is 7.57 Å². The Labute approximate surface area is 132 Å². The van der Waals surface area contributed by atoms with Crippen LogP contribution in [0.5, 0.6) is 0 Å². The Bertz CT molecular complexity index is 389. The molecule has 0 aliphatic heterocycles. The van der Waals surface area contributed by atoms with Gasteiger partial charge >= 0.3 is 11.9 Å². The Morgan fingerprint density at radius 2 is 0.955 bits per heavy atom. The highest BCUT2D eigenvalue weighted by atomic mass is 31.2. The molecule has 8 heteroatoms. The van der Waals surface area contributed by atoms with E-state index in [1.54, 1.807) is 41.5 Å². The van der Waals surface area contributed by atoms with Crippen molar-refractivity contribution in [2.45, 2.75) is 59.9 Å². The summed E-state index contributed by atoms with van der Waals surface area (Å²) in [6.45, 7) is 10.5. The highest BCUT2D eigenvalue weighted by Gasteiger charge is 2.40. The second-order valence-corrected chi connectivity index (χ2v) is 7.37. The zero-order chi connectivity index (χ0) is 17.5. The molecule has 0 heterocycles. The van der Waals surface area contributed by atoms with Crippen molar-refractivity contribution in [3.05, 3.63) is 0 Å². The predicted molar refractivity (Wildman–Crippen MR) is 84.6 cm³/mol. The summed E-state index contributed by atoms with van der Waals surface area (Å²) in [5.41, 5.74) is 0. The molecule has 0 aliphatic carbocycles. The van der Waals surface area contributed by atoms with Gasteiger partial charge in [0.2, 0.25) is 5.29 Å². The predicted octanol–water partition coefficient (Wildman–Crippen LogP) is 2.54. The molecule has 0 saturated heterocycles. The third kappa shape index (κ3) is 6.08. The molecule has 0 unspecified atom stereocenters. The molecule has 0 aliphatic rings. The topological polar surface area (TPSA) is 80.3 Å². The van der Waals surface area contributed by atoms with Gasteiger partial charge in [0.1, 0.15) is 0 Å². The molecule has 7 nitrogen and oxygen atoms in total. The van der Waals surface area contributed by atoms with Crippen LogP contribution in [0.2, 0.25) is 0 Å². The van der Waals surface area contributed by atoms with Crippen molar-refractivity contribution in [2.24, 2.45) is 0 Å². The van der Waals surface area contributed by atoms with E-state index in [-0.39, 0.29) is 23.6 Å². The summed E-state index contributed by atoms with van der Waals surface area (Å²) >= 11 is 0. The van der Waals surface area contributed by atoms with E-state index in [1.807, 2.05) is 0 Å². The van der Waals surface area contributed by atoms with Gasteiger partial charge in [-0.2, -0.15) is 0 Å². The highest BCUT2D eigenvalue weighted by Crippen LogP contribution is 2.56. The van der Waals surface area contributed by atoms with E-state index in [9.17, 15) is 9.59 Å². The zero-order valence-electron chi connectivity index (χ0n) is 14.5. The van der Waals surface area contributed by atoms with E-state index in [0.717, 1.165) is 0 Å². The summed E-state index contributed by atoms with van der Waals surface area (Å²) < 4.78 is 26.8. The zero-order valence-corrected chi connectivity index (χ0v) is 15.4. The maximum absolute atomic E-state index is 12.1. The molecule has 0 atom stereocenters. The number of rotatable bonds is 8. The third-order valence-corrected chi connectivity index (χ3v) is 5.09. The molecule has 130 valence electrons. The second-order valence-electron chi connectivity index (χ2n) is 5.29. The molecular formula is C14H27O7P. The molecule has 22 heavy (non-hydrogen) atoms. The Morgan fingerprint density at radius 1 is 0.682 bits per heavy atom. The highest BCUT2D eigenvalue weighted by molar-refractivity contribution is 7.67. The fraction of sp³-hybridized carbons (Fsp3) is 0.786. The first-order valence-electron chi connectivity index (χ1n) is 7.08. The van der Waals surface area contributed by atoms with Crippen LogP contribution in [0.4, 0.5) is 0 Å². The monoisotopic (exact) mass is 338 g/mol. The quantitative estimate of drug-likeness (QED) is 0.382. The van der Waals surface area contributed by atoms with Crippen molar-refractivity contribution in [3.63, 3.8) is 0 Å². The van der Waals surface area contributed by atoms with Crippen LogP contribution < -0.4 is 0 Å². The van der Waals surface area contributed by atoms with Crippen LogP contribution in [0.1, 0.15) is 41.5 Å². The Hall–Kier alpha value is -0.880. The summed E-state index contributed by atoms with van der Waals surface area (Å²) in [6.07, 6.45) is -1.01. The Balaban J connectivity index is 6.47. The van der Waals surface area contributed by atoms with Gasteiger partial charge in [0.15, 0.2) is 0 Å². The first-order valence-corrected chi connectivity index (χ1v) is 8.62. The molecule has 0 spiro atoms. The SMILES string of the molecule is COC(=O)C(C(=O)OC)=P(OC(C)C)(OC(C)C)OC(C)C. The summed E-state index contributed by atoms with van der Waals surface area (Å²) in [4.78, 5) is 24.3. The van der Waals surface area contributed by atoms with Crippen LogP contribution in [-0.4, -0.2) is 49.8 Å². The maximum atomic E-state index is 12.1. The van der Waals surface area contributed by atoms with Crippen LogP contribution in [-0.2, 0) is 32.6 Å². The van der Waals surface area contributed by atoms with Crippen LogP contribution in [0.15, 0.2) is 0 Å². The molecule has 0 amide bonds. The molecule has 0 saturated carbocycles. The largest absolute Gasteiger partial charge is 0.465 e. The molecule has 0 bridgehead atoms. The fourth-order valence-corrected chi connectivity index (χ4v) is 4.33. The van der Waals surface area contributed by atoms with Gasteiger partial charge in [-0.05, 0) is 41.5 Å². The van der Waals surface area contributed by atoms with Crippen molar-refractivity contribution in [1.82, 2.24) is 0 Å². The molecule has 0 rings (SSSR count). The summed E-state index contributed by atoms with van der Waals surface area (Å²) in [6, 6.07) is 0. The minimum Gasteiger partial charge on any atom is -0.465 e. The van der Waals surface area contributed by atoms with Crippen molar-refractivity contribution in [3.8, 4) is 0 Å². The second kappa shape index (κ2) is 9.30. The molecule has 0 radical (unpaired) electrons. The molecular weight excluding hydrogens is 311 g/mol. The number of methoxy groups -OCH3 is 2. The number of carbonyl (C=O) groups excluding carboxylic acids is 2. The Kier molecular flexibility index (Phi) is 8.93. The number of hydrogen-bond donors (Lipinski definition) is 0. The summed E-state index contributed by atoms with van der Waals surface area (Å²) in [5.74, 6) is -1.77. The van der Waals surface area contributed by atoms with Gasteiger partial charge in [0.05, 0.1) is 32.5 Å². The van der Waals surface area contributed by atoms with Crippen molar-refractivity contribution < 1.29 is 32.6 Å². The van der Waals surface area contributed by atoms with E-state index < -0.39 is 19.5 Å². The van der Waals surface area contributed by atoms with E-state index in [4.69, 9.17) is 23.0 Å². The molecule has 0 N–H and O–H groups in total. The smallest absolute Gasteiger partial charge is 0.352 e. The van der Waals surface area contributed by atoms with Crippen molar-refractivity contribution >= 4 is 24.8 Å². The Morgan fingerprint density at radius 3 is 1.14 bits per heavy atom. The average molecular weight is 338 g/mol. The van der Waals surface area contributed by atoms with Crippen molar-refractivity contribution in [2.75, 3.05) is 14.2 Å². The first kappa shape index (κ1) is 21.1. The number of ether oxygens (including phenoxy) is 2. The third-order valence-electron chi connectivity index (χ3n) is 2.08. The summed E-state index contributed by atoms with van der Waals surface area (Å²) in [5, 5.41) is -0.381. The average Bonchev–Trinajstić information content (AvgIpc) is 2.35. The number of carbonyl (C=O) groups is 2. The molecule has 0 fully saturated rings. The lowest BCUT2D eigenvalue weighted by Crippen LogP contribution is -2.32. The van der Waals surface area contributed by atoms with E-state index >= 15 is 0 Å². The van der Waals surface area contributed by atoms with Gasteiger partial charge in [0, 0.05) is 0 Å². The minimum atomic E-state index is -3.45. The van der Waals surface area contributed by atoms with Gasteiger partial charge in [-0.3, -0.25) is 0 Å². The lowest BCUT2D eigenvalue weighted by Gasteiger charge is -2.32. The van der Waals surface area contributed by atoms with Crippen molar-refractivity contribution in [1.29, 1.82) is 0 Å². The standard InChI is InChI=1S/C14H27O7P/c1-9(2)19-22(20-10(3)4,21-11(5)6)12(13(15)17-7)14(16)18-8/h9-11H,1-8H3. The van der Waals surface area contributed by atoms with Crippen LogP contribution in [0.25, 0.3) is 0 Å².